The molecule has 4 aromatic carbocycles. The number of allylic oxidation sites excluding steroid dienone is 4. The number of phenolic OH excluding ortho intramolecular Hbond substituents is 4. The second kappa shape index (κ2) is 24.8. The van der Waals surface area contributed by atoms with Crippen LogP contribution in [0.15, 0.2) is 97.1 Å². The van der Waals surface area contributed by atoms with Gasteiger partial charge in [0, 0.05) is 0 Å². The number of phenols is 4. The Morgan fingerprint density at radius 3 is 0.646 bits per heavy atom. The summed E-state index contributed by atoms with van der Waals surface area (Å²) in [5.41, 5.74) is 9.64. The van der Waals surface area contributed by atoms with Crippen LogP contribution < -0.4 is 103 Å². The van der Waals surface area contributed by atoms with Crippen molar-refractivity contribution in [1.29, 1.82) is 0 Å². The molecule has 0 aromatic heterocycles. The molecule has 8 nitrogen and oxygen atoms in total. The first-order chi connectivity index (χ1) is 21.3. The van der Waals surface area contributed by atoms with Gasteiger partial charge < -0.3 is 39.7 Å². The first kappa shape index (κ1) is 48.8. The van der Waals surface area contributed by atoms with Crippen molar-refractivity contribution in [2.24, 2.45) is 0 Å². The van der Waals surface area contributed by atoms with E-state index in [1.54, 1.807) is 48.5 Å². The molecule has 0 aliphatic heterocycles. The molecule has 0 bridgehead atoms. The smallest absolute Gasteiger partial charge is 0.822 e. The van der Waals surface area contributed by atoms with Crippen LogP contribution in [-0.4, -0.2) is 20.4 Å². The number of benzene rings is 4. The summed E-state index contributed by atoms with van der Waals surface area (Å²) >= 11 is 0. The molecule has 0 spiro atoms. The molecule has 4 rings (SSSR count). The summed E-state index contributed by atoms with van der Waals surface area (Å²) in [5, 5.41) is 37.6. The van der Waals surface area contributed by atoms with E-state index >= 15 is 0 Å². The van der Waals surface area contributed by atoms with Gasteiger partial charge in [-0.1, -0.05) is 76.2 Å². The van der Waals surface area contributed by atoms with Crippen LogP contribution in [0.25, 0.3) is 22.3 Å². The van der Waals surface area contributed by atoms with E-state index in [0.717, 1.165) is 47.9 Å². The van der Waals surface area contributed by atoms with Crippen LogP contribution in [0, 0.1) is 0 Å². The fourth-order valence-electron chi connectivity index (χ4n) is 5.02. The van der Waals surface area contributed by atoms with E-state index in [4.69, 9.17) is 19.2 Å². The molecule has 0 saturated heterocycles. The first-order valence-corrected chi connectivity index (χ1v) is 16.1. The topological polar surface area (TPSA) is 167 Å². The number of phosphoric acid groups is 1. The quantitative estimate of drug-likeness (QED) is 0.0918. The largest absolute Gasteiger partial charge is 1.00 e. The van der Waals surface area contributed by atoms with Crippen molar-refractivity contribution in [3.8, 4) is 23.0 Å². The van der Waals surface area contributed by atoms with Gasteiger partial charge in [-0.15, -0.1) is 0 Å². The monoisotopic (exact) mass is 700 g/mol. The van der Waals surface area contributed by atoms with Crippen LogP contribution >= 0.6 is 7.82 Å². The number of hydrogen-bond acceptors (Lipinski definition) is 8. The molecule has 240 valence electrons. The predicted molar refractivity (Wildman–Crippen MR) is 175 cm³/mol. The van der Waals surface area contributed by atoms with Gasteiger partial charge in [0.15, 0.2) is 0 Å². The minimum atomic E-state index is -5.39. The molecule has 0 aliphatic carbocycles. The molecule has 0 saturated carbocycles. The number of hydrogen-bond donors (Lipinski definition) is 4. The second-order valence-electron chi connectivity index (χ2n) is 9.96. The second-order valence-corrected chi connectivity index (χ2v) is 10.9. The van der Waals surface area contributed by atoms with Crippen molar-refractivity contribution in [1.82, 2.24) is 0 Å². The van der Waals surface area contributed by atoms with Crippen LogP contribution in [0.2, 0.25) is 0 Å². The van der Waals surface area contributed by atoms with Gasteiger partial charge in [-0.05, 0) is 119 Å². The summed E-state index contributed by atoms with van der Waals surface area (Å²) in [6.45, 7) is 8.55. The predicted octanol–water partition coefficient (Wildman–Crippen LogP) is -2.16. The summed E-state index contributed by atoms with van der Waals surface area (Å²) in [4.78, 5) is 25.6. The number of aromatic hydroxyl groups is 4. The Labute approximate surface area is 350 Å². The molecule has 0 radical (unpaired) electrons. The van der Waals surface area contributed by atoms with Crippen molar-refractivity contribution in [3.63, 3.8) is 0 Å². The van der Waals surface area contributed by atoms with Gasteiger partial charge in [-0.25, -0.2) is 0 Å². The molecule has 4 aromatic rings. The standard InChI is InChI=1S/2C18H20O2.3Na.H3O4P/c2*1-3-17(13-5-9-15(19)10-6-13)18(4-2)14-7-11-16(20)12-8-14;;;;1-5(2,3)4/h2*5-12,19-20H,3-4H2,1-2H3;;;;(H3,1,2,3,4)/q;;3*+1;/p-3/b2*18-17+;;;;. The maximum Gasteiger partial charge on any atom is 1.00 e. The van der Waals surface area contributed by atoms with E-state index in [1.807, 2.05) is 48.5 Å². The molecule has 0 aliphatic rings. The summed E-state index contributed by atoms with van der Waals surface area (Å²) in [6.07, 6.45) is 3.70. The average molecular weight is 701 g/mol. The SMILES string of the molecule is CC/C(=C(/CC)c1ccc(O)cc1)c1ccc(O)cc1.CC/C(=C(/CC)c1ccc(O)cc1)c1ccc(O)cc1.O=P([O-])([O-])[O-].[Na+].[Na+].[Na+]. The maximum atomic E-state index is 9.41. The third-order valence-corrected chi connectivity index (χ3v) is 7.01. The van der Waals surface area contributed by atoms with Crippen LogP contribution in [0.1, 0.15) is 75.6 Å². The normalized spacial score (nSPS) is 11.3. The van der Waals surface area contributed by atoms with Gasteiger partial charge in [0.1, 0.15) is 23.0 Å². The zero-order chi connectivity index (χ0) is 33.6. The van der Waals surface area contributed by atoms with E-state index in [-0.39, 0.29) is 112 Å². The van der Waals surface area contributed by atoms with Crippen molar-refractivity contribution in [2.75, 3.05) is 0 Å². The van der Waals surface area contributed by atoms with Gasteiger partial charge in [-0.2, -0.15) is 7.82 Å². The molecule has 0 atom stereocenters. The van der Waals surface area contributed by atoms with E-state index in [9.17, 15) is 20.4 Å². The van der Waals surface area contributed by atoms with Crippen LogP contribution in [0.5, 0.6) is 23.0 Å². The molecular weight excluding hydrogens is 660 g/mol. The minimum absolute atomic E-state index is 0. The summed E-state index contributed by atoms with van der Waals surface area (Å²) < 4.78 is 8.55. The van der Waals surface area contributed by atoms with Crippen LogP contribution in [-0.2, 0) is 4.57 Å². The van der Waals surface area contributed by atoms with Crippen LogP contribution in [0.4, 0.5) is 0 Å². The van der Waals surface area contributed by atoms with Gasteiger partial charge in [0.05, 0.1) is 0 Å². The average Bonchev–Trinajstić information content (AvgIpc) is 3.00. The maximum absolute atomic E-state index is 9.41. The van der Waals surface area contributed by atoms with Gasteiger partial charge in [-0.3, -0.25) is 0 Å². The summed E-state index contributed by atoms with van der Waals surface area (Å²) in [7, 11) is -5.39. The molecule has 4 N–H and O–H groups in total. The molecule has 0 unspecified atom stereocenters. The Hall–Kier alpha value is -1.33. The third kappa shape index (κ3) is 17.1. The van der Waals surface area contributed by atoms with Crippen molar-refractivity contribution in [2.45, 2.75) is 53.4 Å². The molecular formula is C36H40Na3O8P. The van der Waals surface area contributed by atoms with Crippen molar-refractivity contribution >= 4 is 30.1 Å². The van der Waals surface area contributed by atoms with E-state index in [2.05, 4.69) is 27.7 Å². The van der Waals surface area contributed by atoms with Gasteiger partial charge in [0.2, 0.25) is 0 Å². The minimum Gasteiger partial charge on any atom is -0.822 e. The van der Waals surface area contributed by atoms with Crippen molar-refractivity contribution < 1.29 is 128 Å². The van der Waals surface area contributed by atoms with E-state index in [1.165, 1.54) is 22.3 Å². The Bertz CT molecular complexity index is 1370. The van der Waals surface area contributed by atoms with Crippen LogP contribution in [0.3, 0.4) is 0 Å². The molecule has 0 heterocycles. The van der Waals surface area contributed by atoms with Crippen molar-refractivity contribution in [3.05, 3.63) is 119 Å². The van der Waals surface area contributed by atoms with Gasteiger partial charge >= 0.3 is 88.7 Å². The van der Waals surface area contributed by atoms with E-state index < -0.39 is 7.82 Å². The summed E-state index contributed by atoms with van der Waals surface area (Å²) in [5.74, 6) is 1.14. The molecule has 0 amide bonds. The first-order valence-electron chi connectivity index (χ1n) is 14.7. The number of rotatable bonds is 8. The van der Waals surface area contributed by atoms with E-state index in [0.29, 0.717) is 0 Å². The molecule has 0 fully saturated rings. The fourth-order valence-corrected chi connectivity index (χ4v) is 5.02. The Balaban J connectivity index is 0. The molecule has 12 heteroatoms. The molecule has 48 heavy (non-hydrogen) atoms. The van der Waals surface area contributed by atoms with Gasteiger partial charge in [0.25, 0.3) is 0 Å². The Morgan fingerprint density at radius 1 is 0.417 bits per heavy atom. The summed E-state index contributed by atoms with van der Waals surface area (Å²) in [6, 6.07) is 29.3. The zero-order valence-corrected chi connectivity index (χ0v) is 35.8. The zero-order valence-electron chi connectivity index (χ0n) is 28.9. The Morgan fingerprint density at radius 2 is 0.542 bits per heavy atom. The Kier molecular flexibility index (Phi) is 25.2. The fraction of sp³-hybridized carbons (Fsp3) is 0.222. The third-order valence-electron chi connectivity index (χ3n) is 7.01.